The van der Waals surface area contributed by atoms with Gasteiger partial charge in [-0.15, -0.1) is 11.3 Å². The molecule has 3 heteroatoms. The molecule has 1 atom stereocenters. The first-order chi connectivity index (χ1) is 7.83. The molecule has 0 saturated heterocycles. The van der Waals surface area contributed by atoms with Crippen LogP contribution in [0.4, 0.5) is 0 Å². The lowest BCUT2D eigenvalue weighted by molar-refractivity contribution is 0.240. The SMILES string of the molecule is CC(NCc1cnc(C2CC2)s1)C1CCC1. The van der Waals surface area contributed by atoms with Crippen LogP contribution in [-0.4, -0.2) is 11.0 Å². The lowest BCUT2D eigenvalue weighted by Crippen LogP contribution is -2.36. The predicted octanol–water partition coefficient (Wildman–Crippen LogP) is 3.30. The van der Waals surface area contributed by atoms with E-state index >= 15 is 0 Å². The summed E-state index contributed by atoms with van der Waals surface area (Å²) in [4.78, 5) is 5.92. The molecule has 1 heterocycles. The van der Waals surface area contributed by atoms with E-state index in [0.717, 1.165) is 18.4 Å². The Morgan fingerprint density at radius 3 is 2.88 bits per heavy atom. The molecule has 2 fully saturated rings. The number of nitrogens with zero attached hydrogens (tertiary/aromatic N) is 1. The van der Waals surface area contributed by atoms with E-state index in [9.17, 15) is 0 Å². The fourth-order valence-corrected chi connectivity index (χ4v) is 3.33. The fourth-order valence-electron chi connectivity index (χ4n) is 2.29. The smallest absolute Gasteiger partial charge is 0.0959 e. The van der Waals surface area contributed by atoms with E-state index in [4.69, 9.17) is 0 Å². The van der Waals surface area contributed by atoms with Gasteiger partial charge in [0.25, 0.3) is 0 Å². The highest BCUT2D eigenvalue weighted by atomic mass is 32.1. The van der Waals surface area contributed by atoms with Crippen molar-refractivity contribution in [3.63, 3.8) is 0 Å². The first kappa shape index (κ1) is 10.7. The molecular weight excluding hydrogens is 216 g/mol. The van der Waals surface area contributed by atoms with Crippen molar-refractivity contribution >= 4 is 11.3 Å². The summed E-state index contributed by atoms with van der Waals surface area (Å²) in [6.07, 6.45) is 9.06. The minimum Gasteiger partial charge on any atom is -0.309 e. The zero-order chi connectivity index (χ0) is 11.0. The number of nitrogens with one attached hydrogen (secondary N) is 1. The molecule has 2 aliphatic rings. The minimum atomic E-state index is 0.681. The number of thiazole rings is 1. The molecule has 0 bridgehead atoms. The van der Waals surface area contributed by atoms with Gasteiger partial charge in [0.1, 0.15) is 0 Å². The normalized spacial score (nSPS) is 23.1. The Balaban J connectivity index is 1.49. The number of aromatic nitrogens is 1. The van der Waals surface area contributed by atoms with Crippen LogP contribution in [0.2, 0.25) is 0 Å². The molecule has 1 unspecified atom stereocenters. The van der Waals surface area contributed by atoms with Crippen molar-refractivity contribution in [2.24, 2.45) is 5.92 Å². The summed E-state index contributed by atoms with van der Waals surface area (Å²) in [5.41, 5.74) is 0. The van der Waals surface area contributed by atoms with Gasteiger partial charge in [0.05, 0.1) is 5.01 Å². The molecule has 0 spiro atoms. The van der Waals surface area contributed by atoms with Crippen LogP contribution in [0, 0.1) is 5.92 Å². The summed E-state index contributed by atoms with van der Waals surface area (Å²) in [6.45, 7) is 3.34. The molecular formula is C13H20N2S. The van der Waals surface area contributed by atoms with Crippen LogP contribution >= 0.6 is 11.3 Å². The Labute approximate surface area is 101 Å². The maximum Gasteiger partial charge on any atom is 0.0959 e. The lowest BCUT2D eigenvalue weighted by atomic mass is 9.80. The third-order valence-electron chi connectivity index (χ3n) is 3.95. The second-order valence-corrected chi connectivity index (χ2v) is 6.45. The Hall–Kier alpha value is -0.410. The summed E-state index contributed by atoms with van der Waals surface area (Å²) in [6, 6.07) is 0.681. The summed E-state index contributed by atoms with van der Waals surface area (Å²) in [7, 11) is 0. The number of hydrogen-bond acceptors (Lipinski definition) is 3. The average Bonchev–Trinajstić information content (AvgIpc) is 2.93. The van der Waals surface area contributed by atoms with E-state index in [1.54, 1.807) is 0 Å². The zero-order valence-corrected chi connectivity index (χ0v) is 10.7. The van der Waals surface area contributed by atoms with Crippen LogP contribution in [0.3, 0.4) is 0 Å². The fraction of sp³-hybridized carbons (Fsp3) is 0.769. The van der Waals surface area contributed by atoms with Crippen molar-refractivity contribution in [1.82, 2.24) is 10.3 Å². The third-order valence-corrected chi connectivity index (χ3v) is 5.11. The van der Waals surface area contributed by atoms with Crippen molar-refractivity contribution in [3.05, 3.63) is 16.1 Å². The molecule has 3 rings (SSSR count). The van der Waals surface area contributed by atoms with Gasteiger partial charge < -0.3 is 5.32 Å². The Kier molecular flexibility index (Phi) is 2.99. The van der Waals surface area contributed by atoms with Crippen LogP contribution in [0.15, 0.2) is 6.20 Å². The van der Waals surface area contributed by atoms with Gasteiger partial charge in [-0.05, 0) is 38.5 Å². The van der Waals surface area contributed by atoms with Gasteiger partial charge in [-0.25, -0.2) is 4.98 Å². The Bertz CT molecular complexity index is 353. The maximum absolute atomic E-state index is 4.51. The van der Waals surface area contributed by atoms with Crippen molar-refractivity contribution in [2.75, 3.05) is 0 Å². The van der Waals surface area contributed by atoms with E-state index in [1.807, 2.05) is 11.3 Å². The quantitative estimate of drug-likeness (QED) is 0.848. The minimum absolute atomic E-state index is 0.681. The van der Waals surface area contributed by atoms with Crippen molar-refractivity contribution in [3.8, 4) is 0 Å². The summed E-state index contributed by atoms with van der Waals surface area (Å²) in [5.74, 6) is 1.73. The lowest BCUT2D eigenvalue weighted by Gasteiger charge is -2.31. The van der Waals surface area contributed by atoms with Gasteiger partial charge in [0.15, 0.2) is 0 Å². The Morgan fingerprint density at radius 1 is 1.44 bits per heavy atom. The molecule has 2 saturated carbocycles. The first-order valence-corrected chi connectivity index (χ1v) is 7.32. The molecule has 1 N–H and O–H groups in total. The molecule has 0 amide bonds. The van der Waals surface area contributed by atoms with Gasteiger partial charge in [-0.2, -0.15) is 0 Å². The molecule has 16 heavy (non-hydrogen) atoms. The van der Waals surface area contributed by atoms with Gasteiger partial charge in [0, 0.05) is 29.6 Å². The zero-order valence-electron chi connectivity index (χ0n) is 9.91. The number of hydrogen-bond donors (Lipinski definition) is 1. The monoisotopic (exact) mass is 236 g/mol. The standard InChI is InChI=1S/C13H20N2S/c1-9(10-3-2-4-10)14-7-12-8-15-13(16-12)11-5-6-11/h8-11,14H,2-7H2,1H3. The molecule has 2 aliphatic carbocycles. The highest BCUT2D eigenvalue weighted by Gasteiger charge is 2.27. The summed E-state index contributed by atoms with van der Waals surface area (Å²) in [5, 5.41) is 5.01. The van der Waals surface area contributed by atoms with Crippen molar-refractivity contribution < 1.29 is 0 Å². The first-order valence-electron chi connectivity index (χ1n) is 6.51. The molecule has 2 nitrogen and oxygen atoms in total. The molecule has 0 aromatic carbocycles. The highest BCUT2D eigenvalue weighted by Crippen LogP contribution is 2.41. The number of rotatable bonds is 5. The van der Waals surface area contributed by atoms with E-state index in [0.29, 0.717) is 6.04 Å². The van der Waals surface area contributed by atoms with Crippen LogP contribution in [0.25, 0.3) is 0 Å². The van der Waals surface area contributed by atoms with Gasteiger partial charge in [0.2, 0.25) is 0 Å². The van der Waals surface area contributed by atoms with E-state index in [-0.39, 0.29) is 0 Å². The van der Waals surface area contributed by atoms with E-state index < -0.39 is 0 Å². The molecule has 0 radical (unpaired) electrons. The highest BCUT2D eigenvalue weighted by molar-refractivity contribution is 7.11. The predicted molar refractivity (Wildman–Crippen MR) is 67.7 cm³/mol. The van der Waals surface area contributed by atoms with Crippen LogP contribution in [-0.2, 0) is 6.54 Å². The second-order valence-electron chi connectivity index (χ2n) is 5.30. The van der Waals surface area contributed by atoms with Crippen LogP contribution in [0.5, 0.6) is 0 Å². The second kappa shape index (κ2) is 4.46. The van der Waals surface area contributed by atoms with Gasteiger partial charge in [-0.3, -0.25) is 0 Å². The molecule has 1 aromatic heterocycles. The molecule has 1 aromatic rings. The maximum atomic E-state index is 4.51. The molecule has 88 valence electrons. The summed E-state index contributed by atoms with van der Waals surface area (Å²) >= 11 is 1.91. The van der Waals surface area contributed by atoms with Crippen LogP contribution in [0.1, 0.15) is 54.8 Å². The topological polar surface area (TPSA) is 24.9 Å². The van der Waals surface area contributed by atoms with Crippen molar-refractivity contribution in [1.29, 1.82) is 0 Å². The van der Waals surface area contributed by atoms with Crippen LogP contribution < -0.4 is 5.32 Å². The van der Waals surface area contributed by atoms with Crippen molar-refractivity contribution in [2.45, 2.75) is 57.5 Å². The van der Waals surface area contributed by atoms with Gasteiger partial charge in [-0.1, -0.05) is 6.42 Å². The van der Waals surface area contributed by atoms with Gasteiger partial charge >= 0.3 is 0 Å². The average molecular weight is 236 g/mol. The largest absolute Gasteiger partial charge is 0.309 e. The van der Waals surface area contributed by atoms with E-state index in [2.05, 4.69) is 23.4 Å². The summed E-state index contributed by atoms with van der Waals surface area (Å²) < 4.78 is 0. The Morgan fingerprint density at radius 2 is 2.25 bits per heavy atom. The van der Waals surface area contributed by atoms with E-state index in [1.165, 1.54) is 42.0 Å². The third kappa shape index (κ3) is 2.30. The molecule has 0 aliphatic heterocycles.